The van der Waals surface area contributed by atoms with Crippen LogP contribution in [0.1, 0.15) is 12.8 Å². The van der Waals surface area contributed by atoms with Crippen LogP contribution in [0.3, 0.4) is 0 Å². The van der Waals surface area contributed by atoms with Crippen molar-refractivity contribution in [3.05, 3.63) is 41.3 Å². The van der Waals surface area contributed by atoms with Gasteiger partial charge in [0.15, 0.2) is 0 Å². The number of aliphatic hydroxyl groups is 1. The highest BCUT2D eigenvalue weighted by molar-refractivity contribution is 8.03. The number of aliphatic hydroxyl groups excluding tert-OH is 1. The predicted molar refractivity (Wildman–Crippen MR) is 62.8 cm³/mol. The molecule has 1 aromatic rings. The SMILES string of the molecule is O=C/C=C(\CCCO)Sc1ccccc1. The first-order valence-corrected chi connectivity index (χ1v) is 5.66. The number of aldehydes is 1. The molecule has 0 bridgehead atoms. The van der Waals surface area contributed by atoms with Crippen LogP contribution in [0.25, 0.3) is 0 Å². The lowest BCUT2D eigenvalue weighted by Crippen LogP contribution is -1.85. The van der Waals surface area contributed by atoms with E-state index in [9.17, 15) is 4.79 Å². The molecule has 0 aromatic heterocycles. The highest BCUT2D eigenvalue weighted by Crippen LogP contribution is 2.28. The quantitative estimate of drug-likeness (QED) is 0.457. The standard InChI is InChI=1S/C12H14O2S/c13-9-4-7-12(8-10-14)15-11-5-2-1-3-6-11/h1-3,5-6,8,10,13H,4,7,9H2/b12-8+. The molecular formula is C12H14O2S. The number of benzene rings is 1. The second kappa shape index (κ2) is 7.26. The molecule has 0 aliphatic rings. The number of allylic oxidation sites excluding steroid dienone is 2. The average molecular weight is 222 g/mol. The van der Waals surface area contributed by atoms with E-state index in [0.717, 1.165) is 22.5 Å². The van der Waals surface area contributed by atoms with Gasteiger partial charge in [-0.1, -0.05) is 30.0 Å². The predicted octanol–water partition coefficient (Wildman–Crippen LogP) is 2.63. The molecule has 0 aliphatic carbocycles. The van der Waals surface area contributed by atoms with E-state index in [-0.39, 0.29) is 6.61 Å². The summed E-state index contributed by atoms with van der Waals surface area (Å²) in [6.45, 7) is 0.158. The van der Waals surface area contributed by atoms with Crippen LogP contribution in [0.15, 0.2) is 46.2 Å². The Morgan fingerprint density at radius 3 is 2.67 bits per heavy atom. The van der Waals surface area contributed by atoms with E-state index >= 15 is 0 Å². The lowest BCUT2D eigenvalue weighted by atomic mass is 10.3. The smallest absolute Gasteiger partial charge is 0.143 e. The van der Waals surface area contributed by atoms with E-state index in [1.54, 1.807) is 17.8 Å². The molecule has 0 unspecified atom stereocenters. The molecular weight excluding hydrogens is 208 g/mol. The highest BCUT2D eigenvalue weighted by Gasteiger charge is 1.99. The molecule has 0 spiro atoms. The molecule has 0 saturated heterocycles. The van der Waals surface area contributed by atoms with E-state index in [1.807, 2.05) is 30.3 Å². The summed E-state index contributed by atoms with van der Waals surface area (Å²) in [5, 5.41) is 8.72. The van der Waals surface area contributed by atoms with Gasteiger partial charge in [0.2, 0.25) is 0 Å². The average Bonchev–Trinajstić information content (AvgIpc) is 2.28. The van der Waals surface area contributed by atoms with E-state index in [1.165, 1.54) is 0 Å². The molecule has 2 nitrogen and oxygen atoms in total. The molecule has 15 heavy (non-hydrogen) atoms. The van der Waals surface area contributed by atoms with Crippen molar-refractivity contribution >= 4 is 18.0 Å². The highest BCUT2D eigenvalue weighted by atomic mass is 32.2. The van der Waals surface area contributed by atoms with Crippen LogP contribution in [-0.4, -0.2) is 18.0 Å². The number of carbonyl (C=O) groups is 1. The second-order valence-electron chi connectivity index (χ2n) is 3.01. The minimum atomic E-state index is 0.158. The van der Waals surface area contributed by atoms with Gasteiger partial charge in [-0.3, -0.25) is 4.79 Å². The fraction of sp³-hybridized carbons (Fsp3) is 0.250. The molecule has 0 heterocycles. The number of hydrogen-bond donors (Lipinski definition) is 1. The molecule has 0 saturated carbocycles. The van der Waals surface area contributed by atoms with Gasteiger partial charge in [0.25, 0.3) is 0 Å². The summed E-state index contributed by atoms with van der Waals surface area (Å²) in [6, 6.07) is 9.89. The maximum absolute atomic E-state index is 10.4. The molecule has 0 amide bonds. The lowest BCUT2D eigenvalue weighted by molar-refractivity contribution is -0.104. The maximum Gasteiger partial charge on any atom is 0.143 e. The first kappa shape index (κ1) is 12.0. The third-order valence-electron chi connectivity index (χ3n) is 1.83. The van der Waals surface area contributed by atoms with Crippen LogP contribution in [0, 0.1) is 0 Å². The zero-order chi connectivity index (χ0) is 10.9. The normalized spacial score (nSPS) is 11.4. The topological polar surface area (TPSA) is 37.3 Å². The molecule has 1 rings (SSSR count). The van der Waals surface area contributed by atoms with Crippen molar-refractivity contribution in [1.29, 1.82) is 0 Å². The molecule has 1 N–H and O–H groups in total. The van der Waals surface area contributed by atoms with Crippen LogP contribution < -0.4 is 0 Å². The molecule has 0 atom stereocenters. The van der Waals surface area contributed by atoms with E-state index in [0.29, 0.717) is 6.42 Å². The third kappa shape index (κ3) is 4.81. The first-order chi connectivity index (χ1) is 7.36. The fourth-order valence-electron chi connectivity index (χ4n) is 1.14. The summed E-state index contributed by atoms with van der Waals surface area (Å²) < 4.78 is 0. The van der Waals surface area contributed by atoms with Gasteiger partial charge >= 0.3 is 0 Å². The number of thioether (sulfide) groups is 1. The van der Waals surface area contributed by atoms with E-state index < -0.39 is 0 Å². The Morgan fingerprint density at radius 2 is 2.07 bits per heavy atom. The molecule has 1 aromatic carbocycles. The van der Waals surface area contributed by atoms with Gasteiger partial charge in [0.1, 0.15) is 6.29 Å². The van der Waals surface area contributed by atoms with Gasteiger partial charge in [-0.15, -0.1) is 0 Å². The Kier molecular flexibility index (Phi) is 5.81. The molecule has 80 valence electrons. The Hall–Kier alpha value is -1.06. The monoisotopic (exact) mass is 222 g/mol. The third-order valence-corrected chi connectivity index (χ3v) is 2.94. The summed E-state index contributed by atoms with van der Waals surface area (Å²) in [6.07, 6.45) is 3.80. The van der Waals surface area contributed by atoms with Crippen LogP contribution in [0.2, 0.25) is 0 Å². The fourth-order valence-corrected chi connectivity index (χ4v) is 2.10. The summed E-state index contributed by atoms with van der Waals surface area (Å²) >= 11 is 1.57. The van der Waals surface area contributed by atoms with Crippen molar-refractivity contribution < 1.29 is 9.90 Å². The van der Waals surface area contributed by atoms with Crippen molar-refractivity contribution in [2.45, 2.75) is 17.7 Å². The minimum Gasteiger partial charge on any atom is -0.396 e. The second-order valence-corrected chi connectivity index (χ2v) is 4.21. The van der Waals surface area contributed by atoms with Crippen LogP contribution >= 0.6 is 11.8 Å². The van der Waals surface area contributed by atoms with Gasteiger partial charge in [-0.25, -0.2) is 0 Å². The Morgan fingerprint density at radius 1 is 1.33 bits per heavy atom. The molecule has 3 heteroatoms. The van der Waals surface area contributed by atoms with Crippen LogP contribution in [0.5, 0.6) is 0 Å². The summed E-state index contributed by atoms with van der Waals surface area (Å²) in [7, 11) is 0. The van der Waals surface area contributed by atoms with Gasteiger partial charge < -0.3 is 5.11 Å². The first-order valence-electron chi connectivity index (χ1n) is 4.85. The molecule has 0 fully saturated rings. The van der Waals surface area contributed by atoms with Crippen LogP contribution in [0.4, 0.5) is 0 Å². The van der Waals surface area contributed by atoms with Gasteiger partial charge in [-0.2, -0.15) is 0 Å². The van der Waals surface area contributed by atoms with Crippen LogP contribution in [-0.2, 0) is 4.79 Å². The lowest BCUT2D eigenvalue weighted by Gasteiger charge is -2.04. The van der Waals surface area contributed by atoms with Crippen molar-refractivity contribution in [2.75, 3.05) is 6.61 Å². The van der Waals surface area contributed by atoms with E-state index in [4.69, 9.17) is 5.11 Å². The summed E-state index contributed by atoms with van der Waals surface area (Å²) in [4.78, 5) is 12.5. The number of carbonyl (C=O) groups excluding carboxylic acids is 1. The van der Waals surface area contributed by atoms with Crippen molar-refractivity contribution in [3.63, 3.8) is 0 Å². The number of hydrogen-bond acceptors (Lipinski definition) is 3. The van der Waals surface area contributed by atoms with Crippen molar-refractivity contribution in [2.24, 2.45) is 0 Å². The minimum absolute atomic E-state index is 0.158. The molecule has 0 radical (unpaired) electrons. The van der Waals surface area contributed by atoms with Crippen molar-refractivity contribution in [1.82, 2.24) is 0 Å². The Bertz CT molecular complexity index is 320. The summed E-state index contributed by atoms with van der Waals surface area (Å²) in [5.41, 5.74) is 0. The van der Waals surface area contributed by atoms with Gasteiger partial charge in [0.05, 0.1) is 0 Å². The Labute approximate surface area is 94.0 Å². The molecule has 0 aliphatic heterocycles. The van der Waals surface area contributed by atoms with E-state index in [2.05, 4.69) is 0 Å². The van der Waals surface area contributed by atoms with Gasteiger partial charge in [-0.05, 0) is 36.0 Å². The largest absolute Gasteiger partial charge is 0.396 e. The summed E-state index contributed by atoms with van der Waals surface area (Å²) in [5.74, 6) is 0. The zero-order valence-corrected chi connectivity index (χ0v) is 9.24. The number of rotatable bonds is 6. The zero-order valence-electron chi connectivity index (χ0n) is 8.43. The Balaban J connectivity index is 2.59. The maximum atomic E-state index is 10.4. The van der Waals surface area contributed by atoms with Crippen molar-refractivity contribution in [3.8, 4) is 0 Å². The van der Waals surface area contributed by atoms with Gasteiger partial charge in [0, 0.05) is 11.5 Å².